The Kier molecular flexibility index (Phi) is 3.47. The van der Waals surface area contributed by atoms with Crippen molar-refractivity contribution in [3.8, 4) is 5.75 Å². The topological polar surface area (TPSA) is 26.7 Å². The molecule has 0 aromatic heterocycles. The molecule has 1 saturated heterocycles. The number of likely N-dealkylation sites (N-methyl/N-ethyl adjacent to an activating group) is 1. The van der Waals surface area contributed by atoms with E-state index in [1.54, 1.807) is 6.07 Å². The van der Waals surface area contributed by atoms with Crippen LogP contribution in [0.25, 0.3) is 0 Å². The van der Waals surface area contributed by atoms with Crippen LogP contribution >= 0.6 is 23.2 Å². The van der Waals surface area contributed by atoms with Gasteiger partial charge in [0.15, 0.2) is 0 Å². The van der Waals surface area contributed by atoms with E-state index in [-0.39, 0.29) is 10.8 Å². The van der Waals surface area contributed by atoms with Crippen molar-refractivity contribution in [1.82, 2.24) is 4.90 Å². The summed E-state index contributed by atoms with van der Waals surface area (Å²) in [5.74, 6) is 0.0320. The second-order valence-corrected chi connectivity index (χ2v) is 4.78. The second kappa shape index (κ2) is 4.70. The van der Waals surface area contributed by atoms with Gasteiger partial charge < -0.3 is 14.9 Å². The lowest BCUT2D eigenvalue weighted by Gasteiger charge is -2.34. The zero-order valence-corrected chi connectivity index (χ0v) is 10.6. The summed E-state index contributed by atoms with van der Waals surface area (Å²) in [4.78, 5) is 4.46. The van der Waals surface area contributed by atoms with Gasteiger partial charge in [0, 0.05) is 26.2 Å². The third kappa shape index (κ3) is 2.21. The van der Waals surface area contributed by atoms with Crippen LogP contribution in [0, 0.1) is 0 Å². The number of piperazine rings is 1. The molecule has 0 amide bonds. The van der Waals surface area contributed by atoms with E-state index in [2.05, 4.69) is 16.8 Å². The molecule has 0 radical (unpaired) electrons. The lowest BCUT2D eigenvalue weighted by atomic mass is 10.2. The quantitative estimate of drug-likeness (QED) is 0.841. The lowest BCUT2D eigenvalue weighted by molar-refractivity contribution is 0.313. The average Bonchev–Trinajstić information content (AvgIpc) is 2.28. The van der Waals surface area contributed by atoms with Crippen LogP contribution in [0.4, 0.5) is 5.69 Å². The fourth-order valence-electron chi connectivity index (χ4n) is 1.82. The third-order valence-electron chi connectivity index (χ3n) is 2.89. The Hall–Kier alpha value is -0.640. The Morgan fingerprint density at radius 2 is 1.69 bits per heavy atom. The molecular weight excluding hydrogens is 247 g/mol. The number of nitrogens with zero attached hydrogens (tertiary/aromatic N) is 2. The van der Waals surface area contributed by atoms with Gasteiger partial charge in [-0.05, 0) is 19.2 Å². The van der Waals surface area contributed by atoms with Crippen molar-refractivity contribution in [3.63, 3.8) is 0 Å². The van der Waals surface area contributed by atoms with Crippen LogP contribution in [0.2, 0.25) is 10.0 Å². The molecule has 1 N–H and O–H groups in total. The smallest absolute Gasteiger partial charge is 0.135 e. The molecule has 0 saturated carbocycles. The van der Waals surface area contributed by atoms with Gasteiger partial charge >= 0.3 is 0 Å². The second-order valence-electron chi connectivity index (χ2n) is 4.02. The third-order valence-corrected chi connectivity index (χ3v) is 3.75. The van der Waals surface area contributed by atoms with Crippen molar-refractivity contribution >= 4 is 28.9 Å². The Labute approximate surface area is 105 Å². The van der Waals surface area contributed by atoms with Crippen LogP contribution in [-0.4, -0.2) is 43.2 Å². The number of hydrogen-bond donors (Lipinski definition) is 1. The van der Waals surface area contributed by atoms with Crippen LogP contribution in [0.5, 0.6) is 5.75 Å². The van der Waals surface area contributed by atoms with Gasteiger partial charge in [0.05, 0.1) is 10.7 Å². The van der Waals surface area contributed by atoms with Crippen molar-refractivity contribution in [1.29, 1.82) is 0 Å². The first kappa shape index (κ1) is 11.8. The molecule has 0 spiro atoms. The van der Waals surface area contributed by atoms with E-state index in [4.69, 9.17) is 23.2 Å². The highest BCUT2D eigenvalue weighted by molar-refractivity contribution is 6.44. The molecule has 1 fully saturated rings. The van der Waals surface area contributed by atoms with E-state index in [1.165, 1.54) is 0 Å². The van der Waals surface area contributed by atoms with Gasteiger partial charge in [-0.15, -0.1) is 0 Å². The molecule has 0 aliphatic carbocycles. The minimum Gasteiger partial charge on any atom is -0.506 e. The van der Waals surface area contributed by atoms with Crippen molar-refractivity contribution in [2.45, 2.75) is 0 Å². The number of rotatable bonds is 1. The molecule has 1 heterocycles. The van der Waals surface area contributed by atoms with E-state index >= 15 is 0 Å². The van der Waals surface area contributed by atoms with Crippen molar-refractivity contribution in [3.05, 3.63) is 22.2 Å². The van der Waals surface area contributed by atoms with E-state index in [0.29, 0.717) is 5.02 Å². The van der Waals surface area contributed by atoms with Gasteiger partial charge in [-0.3, -0.25) is 0 Å². The predicted octanol–water partition coefficient (Wildman–Crippen LogP) is 2.45. The van der Waals surface area contributed by atoms with Crippen LogP contribution in [0.1, 0.15) is 0 Å². The maximum absolute atomic E-state index is 9.42. The number of phenols is 1. The molecule has 1 aliphatic rings. The molecule has 0 atom stereocenters. The number of anilines is 1. The van der Waals surface area contributed by atoms with Crippen LogP contribution in [-0.2, 0) is 0 Å². The number of phenolic OH excluding ortho intramolecular Hbond substituents is 1. The molecule has 16 heavy (non-hydrogen) atoms. The molecular formula is C11H14Cl2N2O. The summed E-state index contributed by atoms with van der Waals surface area (Å²) in [6, 6.07) is 3.40. The number of hydrogen-bond acceptors (Lipinski definition) is 3. The van der Waals surface area contributed by atoms with Crippen molar-refractivity contribution in [2.24, 2.45) is 0 Å². The average molecular weight is 261 g/mol. The maximum atomic E-state index is 9.42. The summed E-state index contributed by atoms with van der Waals surface area (Å²) in [6.07, 6.45) is 0. The van der Waals surface area contributed by atoms with Crippen LogP contribution < -0.4 is 4.90 Å². The van der Waals surface area contributed by atoms with E-state index in [9.17, 15) is 5.11 Å². The Morgan fingerprint density at radius 3 is 2.31 bits per heavy atom. The standard InChI is InChI=1S/C11H14Cl2N2O/c1-14-4-6-15(7-5-14)8-2-3-9(16)11(13)10(8)12/h2-3,16H,4-7H2,1H3. The Bertz CT molecular complexity index is 390. The summed E-state index contributed by atoms with van der Waals surface area (Å²) in [7, 11) is 2.10. The number of halogens is 2. The summed E-state index contributed by atoms with van der Waals surface area (Å²) in [6.45, 7) is 3.87. The van der Waals surface area contributed by atoms with Crippen molar-refractivity contribution in [2.75, 3.05) is 38.1 Å². The van der Waals surface area contributed by atoms with Gasteiger partial charge in [-0.1, -0.05) is 23.2 Å². The van der Waals surface area contributed by atoms with E-state index in [1.807, 2.05) is 6.07 Å². The number of aromatic hydroxyl groups is 1. The van der Waals surface area contributed by atoms with Gasteiger partial charge in [0.25, 0.3) is 0 Å². The Balaban J connectivity index is 2.24. The first-order chi connectivity index (χ1) is 7.59. The van der Waals surface area contributed by atoms with Gasteiger partial charge in [0.2, 0.25) is 0 Å². The largest absolute Gasteiger partial charge is 0.506 e. The van der Waals surface area contributed by atoms with Gasteiger partial charge in [0.1, 0.15) is 10.8 Å². The highest BCUT2D eigenvalue weighted by Gasteiger charge is 2.18. The SMILES string of the molecule is CN1CCN(c2ccc(O)c(Cl)c2Cl)CC1. The summed E-state index contributed by atoms with van der Waals surface area (Å²) < 4.78 is 0. The van der Waals surface area contributed by atoms with E-state index < -0.39 is 0 Å². The molecule has 88 valence electrons. The fourth-order valence-corrected chi connectivity index (χ4v) is 2.26. The first-order valence-corrected chi connectivity index (χ1v) is 5.95. The van der Waals surface area contributed by atoms with E-state index in [0.717, 1.165) is 31.9 Å². The van der Waals surface area contributed by atoms with Gasteiger partial charge in [-0.25, -0.2) is 0 Å². The van der Waals surface area contributed by atoms with Crippen LogP contribution in [0.3, 0.4) is 0 Å². The number of benzene rings is 1. The van der Waals surface area contributed by atoms with Crippen LogP contribution in [0.15, 0.2) is 12.1 Å². The lowest BCUT2D eigenvalue weighted by Crippen LogP contribution is -2.44. The highest BCUT2D eigenvalue weighted by Crippen LogP contribution is 2.38. The monoisotopic (exact) mass is 260 g/mol. The molecule has 2 rings (SSSR count). The zero-order valence-electron chi connectivity index (χ0n) is 9.08. The summed E-state index contributed by atoms with van der Waals surface area (Å²) in [5.41, 5.74) is 0.901. The minimum atomic E-state index is 0.0320. The first-order valence-electron chi connectivity index (χ1n) is 5.20. The van der Waals surface area contributed by atoms with Gasteiger partial charge in [-0.2, -0.15) is 0 Å². The minimum absolute atomic E-state index is 0.0320. The fraction of sp³-hybridized carbons (Fsp3) is 0.455. The Morgan fingerprint density at radius 1 is 1.06 bits per heavy atom. The zero-order chi connectivity index (χ0) is 11.7. The summed E-state index contributed by atoms with van der Waals surface area (Å²) in [5, 5.41) is 10.1. The predicted molar refractivity (Wildman–Crippen MR) is 67.8 cm³/mol. The normalized spacial score (nSPS) is 17.8. The molecule has 1 aromatic rings. The molecule has 1 aliphatic heterocycles. The maximum Gasteiger partial charge on any atom is 0.135 e. The van der Waals surface area contributed by atoms with Crippen molar-refractivity contribution < 1.29 is 5.11 Å². The summed E-state index contributed by atoms with van der Waals surface area (Å²) >= 11 is 12.0. The molecule has 0 unspecified atom stereocenters. The molecule has 0 bridgehead atoms. The molecule has 1 aromatic carbocycles. The molecule has 5 heteroatoms. The highest BCUT2D eigenvalue weighted by atomic mass is 35.5. The molecule has 3 nitrogen and oxygen atoms in total.